The smallest absolute Gasteiger partial charge is 0.339 e. The van der Waals surface area contributed by atoms with Gasteiger partial charge in [0.2, 0.25) is 0 Å². The number of benzene rings is 1. The number of urea groups is 1. The summed E-state index contributed by atoms with van der Waals surface area (Å²) in [5.74, 6) is 0.233. The first-order chi connectivity index (χ1) is 9.49. The monoisotopic (exact) mass is 296 g/mol. The van der Waals surface area contributed by atoms with E-state index in [0.717, 1.165) is 11.5 Å². The zero-order valence-corrected chi connectivity index (χ0v) is 11.8. The molecule has 1 aromatic carbocycles. The van der Waals surface area contributed by atoms with E-state index in [1.54, 1.807) is 4.90 Å². The van der Waals surface area contributed by atoms with Gasteiger partial charge in [-0.15, -0.1) is 0 Å². The molecule has 7 heteroatoms. The van der Waals surface area contributed by atoms with Gasteiger partial charge in [0, 0.05) is 35.8 Å². The number of amides is 2. The van der Waals surface area contributed by atoms with Gasteiger partial charge in [0.1, 0.15) is 11.3 Å². The molecule has 1 aliphatic rings. The number of aromatic hydroxyl groups is 1. The minimum Gasteiger partial charge on any atom is -0.507 e. The van der Waals surface area contributed by atoms with Crippen LogP contribution in [0.1, 0.15) is 17.3 Å². The largest absolute Gasteiger partial charge is 0.507 e. The van der Waals surface area contributed by atoms with Crippen molar-refractivity contribution in [2.24, 2.45) is 0 Å². The first-order valence-corrected chi connectivity index (χ1v) is 7.36. The number of carboxylic acids is 1. The third-order valence-electron chi connectivity index (χ3n) is 3.11. The lowest BCUT2D eigenvalue weighted by molar-refractivity contribution is 0.0694. The number of aromatic carboxylic acids is 1. The van der Waals surface area contributed by atoms with Crippen molar-refractivity contribution >= 4 is 29.4 Å². The van der Waals surface area contributed by atoms with Crippen LogP contribution in [0.25, 0.3) is 0 Å². The van der Waals surface area contributed by atoms with E-state index in [0.29, 0.717) is 12.2 Å². The molecule has 0 aromatic heterocycles. The number of hydrogen-bond donors (Lipinski definition) is 3. The SMILES string of the molecule is CC1CSCCN1C(=O)Nc1ccc(C(=O)O)c(O)c1. The molecule has 1 aromatic rings. The average Bonchev–Trinajstić information content (AvgIpc) is 2.38. The molecule has 1 heterocycles. The van der Waals surface area contributed by atoms with Crippen LogP contribution in [0.5, 0.6) is 5.75 Å². The molecule has 108 valence electrons. The number of hydrogen-bond acceptors (Lipinski definition) is 4. The summed E-state index contributed by atoms with van der Waals surface area (Å²) in [5, 5.41) is 21.1. The summed E-state index contributed by atoms with van der Waals surface area (Å²) in [6.07, 6.45) is 0. The van der Waals surface area contributed by atoms with Crippen LogP contribution in [0.15, 0.2) is 18.2 Å². The Morgan fingerprint density at radius 2 is 2.20 bits per heavy atom. The van der Waals surface area contributed by atoms with Gasteiger partial charge in [-0.25, -0.2) is 9.59 Å². The molecule has 2 rings (SSSR count). The normalized spacial score (nSPS) is 18.6. The Morgan fingerprint density at radius 3 is 2.80 bits per heavy atom. The standard InChI is InChI=1S/C13H16N2O4S/c1-8-7-20-5-4-15(8)13(19)14-9-2-3-10(12(17)18)11(16)6-9/h2-3,6,8,16H,4-5,7H2,1H3,(H,14,19)(H,17,18). The van der Waals surface area contributed by atoms with Crippen molar-refractivity contribution in [3.05, 3.63) is 23.8 Å². The van der Waals surface area contributed by atoms with Crippen molar-refractivity contribution in [2.75, 3.05) is 23.4 Å². The topological polar surface area (TPSA) is 89.9 Å². The molecule has 6 nitrogen and oxygen atoms in total. The zero-order chi connectivity index (χ0) is 14.7. The maximum Gasteiger partial charge on any atom is 0.339 e. The van der Waals surface area contributed by atoms with Crippen molar-refractivity contribution in [3.63, 3.8) is 0 Å². The summed E-state index contributed by atoms with van der Waals surface area (Å²) in [6.45, 7) is 2.66. The third kappa shape index (κ3) is 3.16. The van der Waals surface area contributed by atoms with Gasteiger partial charge in [-0.05, 0) is 19.1 Å². The van der Waals surface area contributed by atoms with Crippen LogP contribution in [-0.2, 0) is 0 Å². The molecule has 1 fully saturated rings. The second-order valence-electron chi connectivity index (χ2n) is 4.58. The third-order valence-corrected chi connectivity index (χ3v) is 4.30. The Balaban J connectivity index is 2.08. The van der Waals surface area contributed by atoms with Crippen molar-refractivity contribution < 1.29 is 19.8 Å². The summed E-state index contributed by atoms with van der Waals surface area (Å²) in [6, 6.07) is 3.89. The van der Waals surface area contributed by atoms with Crippen LogP contribution in [0, 0.1) is 0 Å². The van der Waals surface area contributed by atoms with Crippen LogP contribution in [0.3, 0.4) is 0 Å². The molecule has 1 saturated heterocycles. The van der Waals surface area contributed by atoms with Crippen LogP contribution >= 0.6 is 11.8 Å². The highest BCUT2D eigenvalue weighted by Gasteiger charge is 2.23. The summed E-state index contributed by atoms with van der Waals surface area (Å²) < 4.78 is 0. The molecule has 0 aliphatic carbocycles. The fraction of sp³-hybridized carbons (Fsp3) is 0.385. The number of carbonyl (C=O) groups excluding carboxylic acids is 1. The fourth-order valence-electron chi connectivity index (χ4n) is 2.01. The zero-order valence-electron chi connectivity index (χ0n) is 11.0. The molecule has 2 amide bonds. The summed E-state index contributed by atoms with van der Waals surface area (Å²) >= 11 is 1.81. The quantitative estimate of drug-likeness (QED) is 0.777. The number of carbonyl (C=O) groups is 2. The van der Waals surface area contributed by atoms with Gasteiger partial charge < -0.3 is 20.4 Å². The highest BCUT2D eigenvalue weighted by molar-refractivity contribution is 7.99. The Hall–Kier alpha value is -1.89. The van der Waals surface area contributed by atoms with E-state index >= 15 is 0 Å². The van der Waals surface area contributed by atoms with Crippen molar-refractivity contribution in [3.8, 4) is 5.75 Å². The average molecular weight is 296 g/mol. The first-order valence-electron chi connectivity index (χ1n) is 6.20. The second-order valence-corrected chi connectivity index (χ2v) is 5.73. The van der Waals surface area contributed by atoms with E-state index < -0.39 is 5.97 Å². The number of rotatable bonds is 2. The lowest BCUT2D eigenvalue weighted by Crippen LogP contribution is -2.46. The van der Waals surface area contributed by atoms with E-state index in [4.69, 9.17) is 5.11 Å². The minimum absolute atomic E-state index is 0.153. The second kappa shape index (κ2) is 6.04. The van der Waals surface area contributed by atoms with E-state index in [1.807, 2.05) is 18.7 Å². The molecule has 0 radical (unpaired) electrons. The van der Waals surface area contributed by atoms with E-state index in [2.05, 4.69) is 5.32 Å². The molecule has 1 atom stereocenters. The van der Waals surface area contributed by atoms with Gasteiger partial charge in [0.05, 0.1) is 0 Å². The number of carboxylic acid groups (broad SMARTS) is 1. The predicted molar refractivity (Wildman–Crippen MR) is 77.6 cm³/mol. The summed E-state index contributed by atoms with van der Waals surface area (Å²) in [4.78, 5) is 24.6. The van der Waals surface area contributed by atoms with Crippen molar-refractivity contribution in [2.45, 2.75) is 13.0 Å². The Morgan fingerprint density at radius 1 is 1.45 bits per heavy atom. The molecular weight excluding hydrogens is 280 g/mol. The molecule has 20 heavy (non-hydrogen) atoms. The molecule has 0 spiro atoms. The number of anilines is 1. The summed E-state index contributed by atoms with van der Waals surface area (Å²) in [5.41, 5.74) is 0.189. The summed E-state index contributed by atoms with van der Waals surface area (Å²) in [7, 11) is 0. The molecule has 3 N–H and O–H groups in total. The fourth-order valence-corrected chi connectivity index (χ4v) is 3.03. The maximum atomic E-state index is 12.1. The lowest BCUT2D eigenvalue weighted by atomic mass is 10.2. The van der Waals surface area contributed by atoms with Gasteiger partial charge in [-0.2, -0.15) is 11.8 Å². The first kappa shape index (κ1) is 14.5. The Kier molecular flexibility index (Phi) is 4.39. The Labute approximate surface area is 120 Å². The van der Waals surface area contributed by atoms with Gasteiger partial charge in [-0.1, -0.05) is 0 Å². The van der Waals surface area contributed by atoms with Gasteiger partial charge in [0.15, 0.2) is 0 Å². The van der Waals surface area contributed by atoms with E-state index in [-0.39, 0.29) is 23.4 Å². The van der Waals surface area contributed by atoms with Gasteiger partial charge >= 0.3 is 12.0 Å². The minimum atomic E-state index is -1.21. The van der Waals surface area contributed by atoms with Crippen LogP contribution in [-0.4, -0.2) is 51.2 Å². The Bertz CT molecular complexity index is 535. The highest BCUT2D eigenvalue weighted by Crippen LogP contribution is 2.23. The number of thioether (sulfide) groups is 1. The number of nitrogens with zero attached hydrogens (tertiary/aromatic N) is 1. The molecule has 1 aliphatic heterocycles. The lowest BCUT2D eigenvalue weighted by Gasteiger charge is -2.33. The molecule has 0 saturated carbocycles. The van der Waals surface area contributed by atoms with E-state index in [1.165, 1.54) is 18.2 Å². The van der Waals surface area contributed by atoms with E-state index in [9.17, 15) is 14.7 Å². The number of phenols is 1. The van der Waals surface area contributed by atoms with Crippen molar-refractivity contribution in [1.82, 2.24) is 4.90 Å². The van der Waals surface area contributed by atoms with Crippen LogP contribution in [0.2, 0.25) is 0 Å². The molecule has 0 bridgehead atoms. The van der Waals surface area contributed by atoms with Gasteiger partial charge in [-0.3, -0.25) is 0 Å². The van der Waals surface area contributed by atoms with Crippen LogP contribution < -0.4 is 5.32 Å². The highest BCUT2D eigenvalue weighted by atomic mass is 32.2. The predicted octanol–water partition coefficient (Wildman–Crippen LogP) is 2.06. The number of nitrogens with one attached hydrogen (secondary N) is 1. The van der Waals surface area contributed by atoms with Crippen LogP contribution in [0.4, 0.5) is 10.5 Å². The molecule has 1 unspecified atom stereocenters. The van der Waals surface area contributed by atoms with Crippen molar-refractivity contribution in [1.29, 1.82) is 0 Å². The van der Waals surface area contributed by atoms with Gasteiger partial charge in [0.25, 0.3) is 0 Å². The molecular formula is C13H16N2O4S. The maximum absolute atomic E-state index is 12.1.